The van der Waals surface area contributed by atoms with Crippen molar-refractivity contribution < 1.29 is 8.78 Å². The maximum Gasteiger partial charge on any atom is 0.145 e. The Morgan fingerprint density at radius 2 is 0.788 bits per heavy atom. The molecule has 4 aromatic carbocycles. The van der Waals surface area contributed by atoms with Gasteiger partial charge in [0.05, 0.1) is 68.1 Å². The average molecular weight is 923 g/mol. The van der Waals surface area contributed by atoms with E-state index in [4.69, 9.17) is 17.5 Å². The lowest BCUT2D eigenvalue weighted by atomic mass is 9.71. The van der Waals surface area contributed by atoms with Gasteiger partial charge in [0.2, 0.25) is 0 Å². The summed E-state index contributed by atoms with van der Waals surface area (Å²) in [5.41, 5.74) is 12.7. The molecule has 10 rings (SSSR count). The van der Waals surface area contributed by atoms with Crippen LogP contribution in [0.4, 0.5) is 8.78 Å². The highest BCUT2D eigenvalue weighted by molar-refractivity contribution is 7.00. The zero-order chi connectivity index (χ0) is 45.4. The van der Waals surface area contributed by atoms with Gasteiger partial charge in [0, 0.05) is 22.0 Å². The quantitative estimate of drug-likeness (QED) is 0.0664. The van der Waals surface area contributed by atoms with Crippen molar-refractivity contribution in [2.75, 3.05) is 0 Å². The molecule has 10 heteroatoms. The predicted molar refractivity (Wildman–Crippen MR) is 273 cm³/mol. The van der Waals surface area contributed by atoms with Crippen molar-refractivity contribution in [2.45, 2.75) is 167 Å². The number of H-pyrrole nitrogens is 2. The van der Waals surface area contributed by atoms with E-state index >= 15 is 8.78 Å². The molecule has 6 nitrogen and oxygen atoms in total. The first-order valence-electron chi connectivity index (χ1n) is 25.3. The Balaban J connectivity index is 1.13. The molecule has 4 heterocycles. The molecule has 0 saturated carbocycles. The molecule has 2 aliphatic rings. The number of halogens is 2. The summed E-state index contributed by atoms with van der Waals surface area (Å²) < 4.78 is 55.1. The van der Waals surface area contributed by atoms with Crippen molar-refractivity contribution in [3.63, 3.8) is 0 Å². The lowest BCUT2D eigenvalue weighted by Gasteiger charge is -2.32. The minimum atomic E-state index is -0.542. The first kappa shape index (κ1) is 45.0. The molecule has 4 aromatic heterocycles. The number of unbranched alkanes of at least 4 members (excludes halogenated alkanes) is 12. The second-order valence-corrected chi connectivity index (χ2v) is 20.5. The number of benzene rings is 4. The Bertz CT molecular complexity index is 2780. The van der Waals surface area contributed by atoms with E-state index in [-0.39, 0.29) is 21.6 Å². The third kappa shape index (κ3) is 7.35. The Labute approximate surface area is 397 Å². The first-order chi connectivity index (χ1) is 32.4. The van der Waals surface area contributed by atoms with Gasteiger partial charge in [-0.15, -0.1) is 0 Å². The number of aromatic nitrogens is 6. The van der Waals surface area contributed by atoms with Crippen LogP contribution in [0.25, 0.3) is 77.9 Å². The van der Waals surface area contributed by atoms with E-state index in [9.17, 15) is 0 Å². The normalized spacial score (nSPS) is 14.5. The molecule has 0 radical (unpaired) electrons. The van der Waals surface area contributed by atoms with Gasteiger partial charge in [-0.3, -0.25) is 0 Å². The summed E-state index contributed by atoms with van der Waals surface area (Å²) in [6.07, 6.45) is 23.0. The smallest absolute Gasteiger partial charge is 0.145 e. The summed E-state index contributed by atoms with van der Waals surface area (Å²) >= 11 is 2.00. The maximum absolute atomic E-state index is 18.0. The molecule has 0 atom stereocenters. The van der Waals surface area contributed by atoms with E-state index < -0.39 is 11.6 Å². The largest absolute Gasteiger partial charge is 0.354 e. The molecule has 2 N–H and O–H groups in total. The van der Waals surface area contributed by atoms with Crippen LogP contribution in [0.2, 0.25) is 0 Å². The second kappa shape index (κ2) is 19.1. The van der Waals surface area contributed by atoms with Gasteiger partial charge < -0.3 is 9.97 Å². The molecule has 0 aliphatic heterocycles. The van der Waals surface area contributed by atoms with Gasteiger partial charge in [-0.05, 0) is 60.1 Å². The van der Waals surface area contributed by atoms with Crippen molar-refractivity contribution in [2.24, 2.45) is 0 Å². The molecular weight excluding hydrogens is 859 g/mol. The van der Waals surface area contributed by atoms with Gasteiger partial charge in [-0.25, -0.2) is 8.78 Å². The standard InChI is InChI=1S/C56H64F2N6S2/c1-5-9-13-21-29-55(30-22-14-10-6-2)37-27-19-17-25-35(37)49-39(55)33-41(59-49)43-47(57)45-46(53-51(43)61-65-63-53)48(58)44(52-54(45)64-66-62-52)42-34-40-50(60-42)36-26-18-20-28-38(36)56(40,31-23-15-11-7-3)32-24-16-12-8-4/h17-20,25-28,33-34,59-60H,5-16,21-24,29-32H2,1-4H3. The summed E-state index contributed by atoms with van der Waals surface area (Å²) in [5.74, 6) is -1.08. The number of hydrogen-bond donors (Lipinski definition) is 2. The summed E-state index contributed by atoms with van der Waals surface area (Å²) in [4.78, 5) is 7.50. The first-order valence-corrected chi connectivity index (χ1v) is 26.8. The van der Waals surface area contributed by atoms with Gasteiger partial charge in [0.25, 0.3) is 0 Å². The zero-order valence-corrected chi connectivity index (χ0v) is 40.9. The molecule has 0 amide bonds. The summed E-state index contributed by atoms with van der Waals surface area (Å²) in [6, 6.07) is 22.0. The summed E-state index contributed by atoms with van der Waals surface area (Å²) in [7, 11) is 0. The Morgan fingerprint density at radius 1 is 0.439 bits per heavy atom. The van der Waals surface area contributed by atoms with Crippen LogP contribution in [0.1, 0.15) is 178 Å². The SMILES string of the molecule is CCCCCCC1(CCCCCC)c2ccccc2-c2[nH]c(-c3c(F)c4c5nsnc5c(-c5cc6c([nH]5)-c5ccccc5C6(CCCCCC)CCCCCC)c(F)c4c4nsnc34)cc21. The number of aromatic amines is 2. The highest BCUT2D eigenvalue weighted by Gasteiger charge is 2.46. The highest BCUT2D eigenvalue weighted by atomic mass is 32.1. The number of nitrogens with one attached hydrogen (secondary N) is 2. The van der Waals surface area contributed by atoms with Crippen LogP contribution in [-0.2, 0) is 10.8 Å². The lowest BCUT2D eigenvalue weighted by molar-refractivity contribution is 0.401. The van der Waals surface area contributed by atoms with E-state index in [1.165, 1.54) is 110 Å². The fourth-order valence-corrected chi connectivity index (χ4v) is 13.4. The van der Waals surface area contributed by atoms with Crippen molar-refractivity contribution in [1.29, 1.82) is 0 Å². The van der Waals surface area contributed by atoms with Gasteiger partial charge >= 0.3 is 0 Å². The lowest BCUT2D eigenvalue weighted by Crippen LogP contribution is -2.25. The topological polar surface area (TPSA) is 83.1 Å². The molecule has 0 spiro atoms. The van der Waals surface area contributed by atoms with Crippen molar-refractivity contribution in [3.8, 4) is 45.0 Å². The molecule has 0 bridgehead atoms. The zero-order valence-electron chi connectivity index (χ0n) is 39.3. The van der Waals surface area contributed by atoms with Gasteiger partial charge in [0.1, 0.15) is 33.7 Å². The third-order valence-electron chi connectivity index (χ3n) is 15.5. The number of hydrogen-bond acceptors (Lipinski definition) is 6. The van der Waals surface area contributed by atoms with Crippen LogP contribution in [0.5, 0.6) is 0 Å². The van der Waals surface area contributed by atoms with Crippen LogP contribution in [0, 0.1) is 11.6 Å². The van der Waals surface area contributed by atoms with Crippen molar-refractivity contribution >= 4 is 56.3 Å². The Kier molecular flexibility index (Phi) is 13.0. The Hall–Kier alpha value is -4.80. The Morgan fingerprint density at radius 3 is 1.15 bits per heavy atom. The van der Waals surface area contributed by atoms with Crippen LogP contribution in [0.15, 0.2) is 60.7 Å². The molecule has 66 heavy (non-hydrogen) atoms. The fraction of sp³-hybridized carbons (Fsp3) is 0.464. The fourth-order valence-electron chi connectivity index (χ4n) is 12.3. The monoisotopic (exact) mass is 922 g/mol. The number of nitrogens with zero attached hydrogens (tertiary/aromatic N) is 4. The number of fused-ring (bicyclic) bond motifs is 11. The van der Waals surface area contributed by atoms with E-state index in [1.54, 1.807) is 0 Å². The predicted octanol–water partition coefficient (Wildman–Crippen LogP) is 17.5. The van der Waals surface area contributed by atoms with Crippen molar-refractivity contribution in [1.82, 2.24) is 27.5 Å². The average Bonchev–Trinajstić information content (AvgIpc) is 4.21. The molecule has 344 valence electrons. The van der Waals surface area contributed by atoms with Crippen LogP contribution in [-0.4, -0.2) is 27.5 Å². The third-order valence-corrected chi connectivity index (χ3v) is 16.6. The van der Waals surface area contributed by atoms with Gasteiger partial charge in [-0.2, -0.15) is 17.5 Å². The van der Waals surface area contributed by atoms with Gasteiger partial charge in [0.15, 0.2) is 0 Å². The number of rotatable bonds is 22. The molecule has 0 saturated heterocycles. The summed E-state index contributed by atoms with van der Waals surface area (Å²) in [5, 5.41) is 0.225. The minimum absolute atomic E-state index is 0.112. The van der Waals surface area contributed by atoms with Gasteiger partial charge in [-0.1, -0.05) is 179 Å². The van der Waals surface area contributed by atoms with Crippen LogP contribution >= 0.6 is 23.5 Å². The highest BCUT2D eigenvalue weighted by Crippen LogP contribution is 2.58. The van der Waals surface area contributed by atoms with E-state index in [1.807, 2.05) is 0 Å². The van der Waals surface area contributed by atoms with Crippen LogP contribution < -0.4 is 0 Å². The molecule has 8 aromatic rings. The maximum atomic E-state index is 18.0. The molecule has 0 fully saturated rings. The molecule has 0 unspecified atom stereocenters. The second-order valence-electron chi connectivity index (χ2n) is 19.5. The van der Waals surface area contributed by atoms with E-state index in [0.29, 0.717) is 44.6 Å². The van der Waals surface area contributed by atoms with Crippen molar-refractivity contribution in [3.05, 3.63) is 94.6 Å². The van der Waals surface area contributed by atoms with Crippen LogP contribution in [0.3, 0.4) is 0 Å². The van der Waals surface area contributed by atoms with E-state index in [2.05, 4.69) is 98.3 Å². The molecular formula is C56H64F2N6S2. The molecule has 2 aliphatic carbocycles. The minimum Gasteiger partial charge on any atom is -0.354 e. The summed E-state index contributed by atoms with van der Waals surface area (Å²) in [6.45, 7) is 9.04. The van der Waals surface area contributed by atoms with E-state index in [0.717, 1.165) is 86.2 Å².